The van der Waals surface area contributed by atoms with Gasteiger partial charge in [0.2, 0.25) is 0 Å². The van der Waals surface area contributed by atoms with E-state index < -0.39 is 0 Å². The van der Waals surface area contributed by atoms with E-state index in [1.54, 1.807) is 24.4 Å². The lowest BCUT2D eigenvalue weighted by Crippen LogP contribution is -2.45. The van der Waals surface area contributed by atoms with E-state index in [1.165, 1.54) is 0 Å². The van der Waals surface area contributed by atoms with Crippen molar-refractivity contribution in [2.45, 2.75) is 26.1 Å². The average Bonchev–Trinajstić information content (AvgIpc) is 2.44. The van der Waals surface area contributed by atoms with E-state index in [1.807, 2.05) is 24.8 Å². The first-order valence-corrected chi connectivity index (χ1v) is 6.99. The highest BCUT2D eigenvalue weighted by atomic mass is 16.6. The Hall–Kier alpha value is -2.21. The van der Waals surface area contributed by atoms with E-state index in [0.717, 1.165) is 0 Å². The Kier molecular flexibility index (Phi) is 3.47. The van der Waals surface area contributed by atoms with Crippen molar-refractivity contribution >= 4 is 22.3 Å². The Morgan fingerprint density at radius 3 is 2.67 bits per heavy atom. The molecular formula is C15H17N3O3. The molecule has 1 aromatic carbocycles. The molecule has 0 aliphatic carbocycles. The number of pyridine rings is 1. The van der Waals surface area contributed by atoms with Crippen LogP contribution in [-0.2, 0) is 4.74 Å². The van der Waals surface area contributed by atoms with Crippen molar-refractivity contribution in [1.82, 2.24) is 4.98 Å². The predicted molar refractivity (Wildman–Crippen MR) is 80.6 cm³/mol. The van der Waals surface area contributed by atoms with Gasteiger partial charge in [0, 0.05) is 19.3 Å². The van der Waals surface area contributed by atoms with Crippen LogP contribution in [0.15, 0.2) is 30.5 Å². The summed E-state index contributed by atoms with van der Waals surface area (Å²) in [4.78, 5) is 17.5. The first-order valence-electron chi connectivity index (χ1n) is 6.99. The fourth-order valence-corrected chi connectivity index (χ4v) is 2.95. The molecular weight excluding hydrogens is 270 g/mol. The molecule has 110 valence electrons. The third-order valence-corrected chi connectivity index (χ3v) is 3.68. The Morgan fingerprint density at radius 2 is 2.00 bits per heavy atom. The summed E-state index contributed by atoms with van der Waals surface area (Å²) in [6.07, 6.45) is 1.75. The Labute approximate surface area is 122 Å². The lowest BCUT2D eigenvalue weighted by molar-refractivity contribution is -0.382. The van der Waals surface area contributed by atoms with Gasteiger partial charge >= 0.3 is 5.69 Å². The summed E-state index contributed by atoms with van der Waals surface area (Å²) in [6.45, 7) is 5.27. The first-order chi connectivity index (χ1) is 10.1. The van der Waals surface area contributed by atoms with Gasteiger partial charge < -0.3 is 9.64 Å². The van der Waals surface area contributed by atoms with Gasteiger partial charge in [0.25, 0.3) is 0 Å². The number of fused-ring (bicyclic) bond motifs is 1. The highest BCUT2D eigenvalue weighted by Gasteiger charge is 2.28. The summed E-state index contributed by atoms with van der Waals surface area (Å²) in [7, 11) is 0. The third kappa shape index (κ3) is 2.54. The SMILES string of the molecule is C[C@H]1CN(c2ccc3ncccc3c2[N+](=O)[O-])C[C@H](C)O1. The predicted octanol–water partition coefficient (Wildman–Crippen LogP) is 2.76. The number of nitrogens with zero attached hydrogens (tertiary/aromatic N) is 3. The number of ether oxygens (including phenoxy) is 1. The quantitative estimate of drug-likeness (QED) is 0.627. The number of rotatable bonds is 2. The number of benzene rings is 1. The summed E-state index contributed by atoms with van der Waals surface area (Å²) < 4.78 is 5.70. The largest absolute Gasteiger partial charge is 0.372 e. The molecule has 1 saturated heterocycles. The lowest BCUT2D eigenvalue weighted by Gasteiger charge is -2.36. The van der Waals surface area contributed by atoms with E-state index in [2.05, 4.69) is 4.98 Å². The molecule has 0 N–H and O–H groups in total. The van der Waals surface area contributed by atoms with Crippen LogP contribution >= 0.6 is 0 Å². The smallest absolute Gasteiger partial charge is 0.301 e. The minimum absolute atomic E-state index is 0.0537. The van der Waals surface area contributed by atoms with Gasteiger partial charge in [-0.15, -0.1) is 0 Å². The molecule has 0 bridgehead atoms. The molecule has 0 saturated carbocycles. The van der Waals surface area contributed by atoms with Crippen LogP contribution in [0, 0.1) is 10.1 Å². The molecule has 1 aliphatic rings. The maximum Gasteiger partial charge on any atom is 0.301 e. The van der Waals surface area contributed by atoms with Gasteiger partial charge in [-0.05, 0) is 38.1 Å². The zero-order valence-electron chi connectivity index (χ0n) is 12.0. The van der Waals surface area contributed by atoms with Crippen molar-refractivity contribution in [3.8, 4) is 0 Å². The lowest BCUT2D eigenvalue weighted by atomic mass is 10.1. The minimum Gasteiger partial charge on any atom is -0.372 e. The molecule has 0 spiro atoms. The number of nitro benzene ring substituents is 1. The second kappa shape index (κ2) is 5.29. The van der Waals surface area contributed by atoms with Crippen LogP contribution in [0.4, 0.5) is 11.4 Å². The zero-order valence-corrected chi connectivity index (χ0v) is 12.0. The van der Waals surface area contributed by atoms with Crippen LogP contribution in [0.2, 0.25) is 0 Å². The van der Waals surface area contributed by atoms with Gasteiger partial charge in [0.15, 0.2) is 0 Å². The van der Waals surface area contributed by atoms with Crippen LogP contribution in [-0.4, -0.2) is 35.2 Å². The van der Waals surface area contributed by atoms with Crippen LogP contribution in [0.5, 0.6) is 0 Å². The van der Waals surface area contributed by atoms with Gasteiger partial charge in [0.1, 0.15) is 5.69 Å². The van der Waals surface area contributed by atoms with Crippen LogP contribution in [0.1, 0.15) is 13.8 Å². The number of nitro groups is 1. The monoisotopic (exact) mass is 287 g/mol. The number of hydrogen-bond donors (Lipinski definition) is 0. The summed E-state index contributed by atoms with van der Waals surface area (Å²) in [5.41, 5.74) is 1.41. The molecule has 6 nitrogen and oxygen atoms in total. The summed E-state index contributed by atoms with van der Waals surface area (Å²) >= 11 is 0. The molecule has 2 aromatic rings. The van der Waals surface area contributed by atoms with Crippen molar-refractivity contribution < 1.29 is 9.66 Å². The average molecular weight is 287 g/mol. The molecule has 6 heteroatoms. The Bertz CT molecular complexity index is 679. The van der Waals surface area contributed by atoms with E-state index in [4.69, 9.17) is 4.74 Å². The van der Waals surface area contributed by atoms with Crippen molar-refractivity contribution in [3.05, 3.63) is 40.6 Å². The molecule has 0 radical (unpaired) electrons. The van der Waals surface area contributed by atoms with Crippen molar-refractivity contribution in [3.63, 3.8) is 0 Å². The van der Waals surface area contributed by atoms with E-state index >= 15 is 0 Å². The number of anilines is 1. The van der Waals surface area contributed by atoms with Crippen molar-refractivity contribution in [1.29, 1.82) is 0 Å². The molecule has 1 fully saturated rings. The van der Waals surface area contributed by atoms with Gasteiger partial charge in [-0.1, -0.05) is 0 Å². The van der Waals surface area contributed by atoms with E-state index in [-0.39, 0.29) is 22.8 Å². The fraction of sp³-hybridized carbons (Fsp3) is 0.400. The van der Waals surface area contributed by atoms with E-state index in [0.29, 0.717) is 29.7 Å². The van der Waals surface area contributed by atoms with Crippen LogP contribution in [0.25, 0.3) is 10.9 Å². The molecule has 1 aromatic heterocycles. The molecule has 2 atom stereocenters. The second-order valence-corrected chi connectivity index (χ2v) is 5.42. The van der Waals surface area contributed by atoms with Crippen molar-refractivity contribution in [2.75, 3.05) is 18.0 Å². The van der Waals surface area contributed by atoms with Crippen LogP contribution in [0.3, 0.4) is 0 Å². The standard InChI is InChI=1S/C15H17N3O3/c1-10-8-17(9-11(2)21-10)14-6-5-13-12(4-3-7-16-13)15(14)18(19)20/h3-7,10-11H,8-9H2,1-2H3/t10-,11-/m0/s1. The van der Waals surface area contributed by atoms with E-state index in [9.17, 15) is 10.1 Å². The van der Waals surface area contributed by atoms with Crippen LogP contribution < -0.4 is 4.90 Å². The highest BCUT2D eigenvalue weighted by molar-refractivity contribution is 5.94. The molecule has 0 unspecified atom stereocenters. The maximum atomic E-state index is 11.6. The normalized spacial score (nSPS) is 22.5. The van der Waals surface area contributed by atoms with Gasteiger partial charge in [-0.2, -0.15) is 0 Å². The topological polar surface area (TPSA) is 68.5 Å². The summed E-state index contributed by atoms with van der Waals surface area (Å²) in [5.74, 6) is 0. The molecule has 1 aliphatic heterocycles. The Balaban J connectivity index is 2.13. The van der Waals surface area contributed by atoms with Gasteiger partial charge in [0.05, 0.1) is 28.0 Å². The fourth-order valence-electron chi connectivity index (χ4n) is 2.95. The first kappa shape index (κ1) is 13.8. The second-order valence-electron chi connectivity index (χ2n) is 5.42. The molecule has 21 heavy (non-hydrogen) atoms. The third-order valence-electron chi connectivity index (χ3n) is 3.68. The number of morpholine rings is 1. The Morgan fingerprint density at radius 1 is 1.29 bits per heavy atom. The highest BCUT2D eigenvalue weighted by Crippen LogP contribution is 2.36. The summed E-state index contributed by atoms with van der Waals surface area (Å²) in [6, 6.07) is 7.10. The molecule has 3 rings (SSSR count). The van der Waals surface area contributed by atoms with Gasteiger partial charge in [-0.25, -0.2) is 0 Å². The molecule has 0 amide bonds. The number of hydrogen-bond acceptors (Lipinski definition) is 5. The summed E-state index contributed by atoms with van der Waals surface area (Å²) in [5, 5.41) is 12.1. The van der Waals surface area contributed by atoms with Crippen molar-refractivity contribution in [2.24, 2.45) is 0 Å². The minimum atomic E-state index is -0.315. The molecule has 2 heterocycles. The zero-order chi connectivity index (χ0) is 15.0. The number of aromatic nitrogens is 1. The van der Waals surface area contributed by atoms with Gasteiger partial charge in [-0.3, -0.25) is 15.1 Å². The maximum absolute atomic E-state index is 11.6.